The summed E-state index contributed by atoms with van der Waals surface area (Å²) in [6, 6.07) is 0.278. The molecule has 32 heavy (non-hydrogen) atoms. The first kappa shape index (κ1) is 23.8. The van der Waals surface area contributed by atoms with E-state index >= 15 is 0 Å². The molecule has 0 saturated heterocycles. The smallest absolute Gasteiger partial charge is 0.429 e. The van der Waals surface area contributed by atoms with Crippen molar-refractivity contribution in [3.05, 3.63) is 70.6 Å². The molecule has 1 aliphatic rings. The lowest BCUT2D eigenvalue weighted by atomic mass is 9.90. The van der Waals surface area contributed by atoms with Crippen molar-refractivity contribution in [2.24, 2.45) is 5.92 Å². The molecule has 174 valence electrons. The first-order valence-corrected chi connectivity index (χ1v) is 9.27. The molecule has 1 atom stereocenters. The Labute approximate surface area is 176 Å². The summed E-state index contributed by atoms with van der Waals surface area (Å²) in [7, 11) is 0. The van der Waals surface area contributed by atoms with E-state index in [1.165, 1.54) is 6.08 Å². The van der Waals surface area contributed by atoms with Crippen LogP contribution in [0.3, 0.4) is 0 Å². The summed E-state index contributed by atoms with van der Waals surface area (Å²) in [5.74, 6) is -11.9. The zero-order chi connectivity index (χ0) is 23.8. The zero-order valence-electron chi connectivity index (χ0n) is 16.3. The normalized spacial score (nSPS) is 17.2. The van der Waals surface area contributed by atoms with Crippen LogP contribution in [-0.2, 0) is 6.11 Å². The van der Waals surface area contributed by atoms with Gasteiger partial charge in [0.2, 0.25) is 0 Å². The van der Waals surface area contributed by atoms with Crippen LogP contribution in [0.15, 0.2) is 35.9 Å². The highest BCUT2D eigenvalue weighted by Crippen LogP contribution is 2.40. The van der Waals surface area contributed by atoms with Crippen molar-refractivity contribution in [3.63, 3.8) is 0 Å². The SMILES string of the molecule is CC1CC=C(C(F)(F)Oc2cc(F)c(C(F)(F)Oc3cc(F)c(F)c(F)c3)c(F)c2)CC1. The minimum Gasteiger partial charge on any atom is -0.429 e. The second-order valence-electron chi connectivity index (χ2n) is 7.31. The second kappa shape index (κ2) is 8.59. The largest absolute Gasteiger partial charge is 0.432 e. The van der Waals surface area contributed by atoms with Crippen molar-refractivity contribution in [2.75, 3.05) is 0 Å². The van der Waals surface area contributed by atoms with E-state index in [2.05, 4.69) is 9.47 Å². The molecule has 2 aromatic carbocycles. The Balaban J connectivity index is 1.86. The molecule has 2 aromatic rings. The molecule has 1 unspecified atom stereocenters. The van der Waals surface area contributed by atoms with Crippen molar-refractivity contribution in [2.45, 2.75) is 38.4 Å². The molecule has 11 heteroatoms. The average Bonchev–Trinajstić information content (AvgIpc) is 2.64. The number of rotatable bonds is 6. The summed E-state index contributed by atoms with van der Waals surface area (Å²) < 4.78 is 133. The number of ether oxygens (including phenoxy) is 2. The molecule has 0 spiro atoms. The highest BCUT2D eigenvalue weighted by molar-refractivity contribution is 5.34. The fourth-order valence-electron chi connectivity index (χ4n) is 3.12. The quantitative estimate of drug-likeness (QED) is 0.252. The van der Waals surface area contributed by atoms with Gasteiger partial charge in [0.05, 0.1) is 0 Å². The van der Waals surface area contributed by atoms with Crippen LogP contribution in [0.1, 0.15) is 31.7 Å². The number of allylic oxidation sites excluding steroid dienone is 1. The van der Waals surface area contributed by atoms with Crippen LogP contribution in [0.2, 0.25) is 0 Å². The van der Waals surface area contributed by atoms with E-state index in [0.717, 1.165) is 0 Å². The molecule has 0 aromatic heterocycles. The fraction of sp³-hybridized carbons (Fsp3) is 0.333. The maximum Gasteiger partial charge on any atom is 0.432 e. The lowest BCUT2D eigenvalue weighted by Crippen LogP contribution is -2.30. The number of benzene rings is 2. The summed E-state index contributed by atoms with van der Waals surface area (Å²) in [5.41, 5.74) is -2.43. The van der Waals surface area contributed by atoms with E-state index in [1.54, 1.807) is 0 Å². The lowest BCUT2D eigenvalue weighted by Gasteiger charge is -2.26. The van der Waals surface area contributed by atoms with Gasteiger partial charge in [0.25, 0.3) is 0 Å². The molecule has 2 nitrogen and oxygen atoms in total. The topological polar surface area (TPSA) is 18.5 Å². The molecule has 1 aliphatic carbocycles. The van der Waals surface area contributed by atoms with E-state index in [0.29, 0.717) is 12.8 Å². The third-order valence-electron chi connectivity index (χ3n) is 4.80. The molecular formula is C21H15F9O2. The third-order valence-corrected chi connectivity index (χ3v) is 4.80. The van der Waals surface area contributed by atoms with Crippen LogP contribution in [0, 0.1) is 35.0 Å². The van der Waals surface area contributed by atoms with E-state index in [-0.39, 0.29) is 36.6 Å². The number of halogens is 9. The molecule has 0 heterocycles. The molecule has 0 fully saturated rings. The predicted molar refractivity (Wildman–Crippen MR) is 93.9 cm³/mol. The van der Waals surface area contributed by atoms with Crippen LogP contribution in [0.5, 0.6) is 11.5 Å². The summed E-state index contributed by atoms with van der Waals surface area (Å²) in [6.07, 6.45) is -6.74. The third kappa shape index (κ3) is 4.97. The van der Waals surface area contributed by atoms with Gasteiger partial charge in [0.1, 0.15) is 28.7 Å². The molecule has 0 saturated carbocycles. The first-order valence-electron chi connectivity index (χ1n) is 9.27. The number of hydrogen-bond donors (Lipinski definition) is 0. The first-order chi connectivity index (χ1) is 14.8. The van der Waals surface area contributed by atoms with Crippen molar-refractivity contribution in [1.29, 1.82) is 0 Å². The van der Waals surface area contributed by atoms with E-state index in [9.17, 15) is 39.5 Å². The molecule has 0 radical (unpaired) electrons. The van der Waals surface area contributed by atoms with Gasteiger partial charge in [0, 0.05) is 29.8 Å². The van der Waals surface area contributed by atoms with Crippen LogP contribution in [-0.4, -0.2) is 6.11 Å². The monoisotopic (exact) mass is 470 g/mol. The number of hydrogen-bond acceptors (Lipinski definition) is 2. The summed E-state index contributed by atoms with van der Waals surface area (Å²) >= 11 is 0. The summed E-state index contributed by atoms with van der Waals surface area (Å²) in [5, 5.41) is 0. The van der Waals surface area contributed by atoms with E-state index in [1.807, 2.05) is 6.92 Å². The molecule has 3 rings (SSSR count). The average molecular weight is 470 g/mol. The van der Waals surface area contributed by atoms with Gasteiger partial charge in [-0.25, -0.2) is 22.0 Å². The van der Waals surface area contributed by atoms with E-state index in [4.69, 9.17) is 0 Å². The van der Waals surface area contributed by atoms with Crippen LogP contribution in [0.4, 0.5) is 39.5 Å². The van der Waals surface area contributed by atoms with Crippen LogP contribution in [0.25, 0.3) is 0 Å². The highest BCUT2D eigenvalue weighted by atomic mass is 19.3. The van der Waals surface area contributed by atoms with Gasteiger partial charge in [0.15, 0.2) is 17.5 Å². The van der Waals surface area contributed by atoms with Gasteiger partial charge in [-0.2, -0.15) is 17.6 Å². The standard InChI is InChI=1S/C21H15F9O2/c1-10-2-4-11(5-3-10)20(27,28)31-12-6-14(22)18(15(23)7-12)21(29,30)32-13-8-16(24)19(26)17(25)9-13/h4,6-10H,2-3,5H2,1H3. The Hall–Kier alpha value is -2.85. The minimum atomic E-state index is -4.84. The van der Waals surface area contributed by atoms with Gasteiger partial charge in [-0.15, -0.1) is 0 Å². The maximum atomic E-state index is 14.3. The fourth-order valence-corrected chi connectivity index (χ4v) is 3.12. The van der Waals surface area contributed by atoms with Gasteiger partial charge in [-0.1, -0.05) is 13.0 Å². The van der Waals surface area contributed by atoms with Gasteiger partial charge >= 0.3 is 12.2 Å². The Morgan fingerprint density at radius 3 is 1.69 bits per heavy atom. The van der Waals surface area contributed by atoms with Gasteiger partial charge in [-0.05, 0) is 25.2 Å². The van der Waals surface area contributed by atoms with E-state index < -0.39 is 63.9 Å². The zero-order valence-corrected chi connectivity index (χ0v) is 16.3. The Morgan fingerprint density at radius 1 is 0.750 bits per heavy atom. The van der Waals surface area contributed by atoms with Gasteiger partial charge in [-0.3, -0.25) is 0 Å². The summed E-state index contributed by atoms with van der Waals surface area (Å²) in [4.78, 5) is 0. The van der Waals surface area contributed by atoms with Crippen LogP contribution < -0.4 is 9.47 Å². The second-order valence-corrected chi connectivity index (χ2v) is 7.31. The predicted octanol–water partition coefficient (Wildman–Crippen LogP) is 7.23. The highest BCUT2D eigenvalue weighted by Gasteiger charge is 2.43. The number of alkyl halides is 4. The van der Waals surface area contributed by atoms with Crippen LogP contribution >= 0.6 is 0 Å². The maximum absolute atomic E-state index is 14.3. The Bertz CT molecular complexity index is 1000. The Kier molecular flexibility index (Phi) is 6.39. The van der Waals surface area contributed by atoms with Gasteiger partial charge < -0.3 is 9.47 Å². The molecule has 0 N–H and O–H groups in total. The molecule has 0 amide bonds. The molecule has 0 aliphatic heterocycles. The van der Waals surface area contributed by atoms with Crippen molar-refractivity contribution in [3.8, 4) is 11.5 Å². The van der Waals surface area contributed by atoms with Crippen molar-refractivity contribution < 1.29 is 49.0 Å². The lowest BCUT2D eigenvalue weighted by molar-refractivity contribution is -0.189. The minimum absolute atomic E-state index is 0.0199. The summed E-state index contributed by atoms with van der Waals surface area (Å²) in [6.45, 7) is 1.85. The molecular weight excluding hydrogens is 455 g/mol. The van der Waals surface area contributed by atoms with Crippen molar-refractivity contribution >= 4 is 0 Å². The Morgan fingerprint density at radius 2 is 1.22 bits per heavy atom. The van der Waals surface area contributed by atoms with Crippen molar-refractivity contribution in [1.82, 2.24) is 0 Å². The molecule has 0 bridgehead atoms.